The number of rotatable bonds is 0. The van der Waals surface area contributed by atoms with Crippen LogP contribution < -0.4 is 0 Å². The minimum atomic E-state index is 1.27. The molecule has 3 aliphatic rings. The topological polar surface area (TPSA) is 0 Å². The van der Waals surface area contributed by atoms with Crippen molar-refractivity contribution in [2.75, 3.05) is 23.0 Å². The largest absolute Gasteiger partial charge is 0.126 e. The Morgan fingerprint density at radius 2 is 1.53 bits per heavy atom. The predicted octanol–water partition coefficient (Wildman–Crippen LogP) is 5.81. The maximum Gasteiger partial charge on any atom is 0.0754 e. The van der Waals surface area contributed by atoms with E-state index in [4.69, 9.17) is 0 Å². The number of fused-ring (bicyclic) bond motifs is 4. The summed E-state index contributed by atoms with van der Waals surface area (Å²) >= 11 is 10.3. The van der Waals surface area contributed by atoms with E-state index in [1.165, 1.54) is 23.0 Å². The molecule has 0 fully saturated rings. The maximum absolute atomic E-state index is 2.07. The molecule has 0 amide bonds. The fourth-order valence-electron chi connectivity index (χ4n) is 1.81. The van der Waals surface area contributed by atoms with Gasteiger partial charge in [-0.2, -0.15) is 0 Å². The van der Waals surface area contributed by atoms with E-state index in [-0.39, 0.29) is 0 Å². The summed E-state index contributed by atoms with van der Waals surface area (Å²) in [5.41, 5.74) is 0. The van der Waals surface area contributed by atoms with Crippen LogP contribution in [-0.4, -0.2) is 23.0 Å². The Hall–Kier alpha value is 1.54. The third-order valence-corrected chi connectivity index (χ3v) is 12.7. The summed E-state index contributed by atoms with van der Waals surface area (Å²) in [5.74, 6) is 5.11. The summed E-state index contributed by atoms with van der Waals surface area (Å²) in [6.45, 7) is 0. The zero-order valence-corrected chi connectivity index (χ0v) is 14.4. The Kier molecular flexibility index (Phi) is 3.72. The minimum absolute atomic E-state index is 1.27. The zero-order chi connectivity index (χ0) is 11.2. The van der Waals surface area contributed by atoms with Gasteiger partial charge < -0.3 is 0 Å². The molecular formula is C10H8S7. The van der Waals surface area contributed by atoms with E-state index in [2.05, 4.69) is 47.0 Å². The Labute approximate surface area is 130 Å². The molecule has 90 valence electrons. The van der Waals surface area contributed by atoms with E-state index in [9.17, 15) is 0 Å². The highest BCUT2D eigenvalue weighted by molar-refractivity contribution is 8.80. The van der Waals surface area contributed by atoms with E-state index in [1.807, 2.05) is 32.9 Å². The lowest BCUT2D eigenvalue weighted by Crippen LogP contribution is -1.97. The SMILES string of the molecule is C1CSC2=C(S1)SSc1c2sc2c1SCCS2. The van der Waals surface area contributed by atoms with Gasteiger partial charge in [-0.1, -0.05) is 0 Å². The molecule has 0 N–H and O–H groups in total. The van der Waals surface area contributed by atoms with Gasteiger partial charge in [-0.15, -0.1) is 58.4 Å². The van der Waals surface area contributed by atoms with Crippen LogP contribution in [0.2, 0.25) is 0 Å². The van der Waals surface area contributed by atoms with Gasteiger partial charge in [0.15, 0.2) is 0 Å². The van der Waals surface area contributed by atoms with Crippen molar-refractivity contribution in [2.24, 2.45) is 0 Å². The number of hydrogen-bond acceptors (Lipinski definition) is 7. The lowest BCUT2D eigenvalue weighted by atomic mass is 10.4. The molecule has 4 rings (SSSR count). The van der Waals surface area contributed by atoms with Crippen LogP contribution in [0.4, 0.5) is 0 Å². The molecule has 0 saturated heterocycles. The fourth-order valence-corrected chi connectivity index (χ4v) is 12.7. The van der Waals surface area contributed by atoms with Crippen molar-refractivity contribution in [1.82, 2.24) is 0 Å². The van der Waals surface area contributed by atoms with Crippen molar-refractivity contribution in [2.45, 2.75) is 14.0 Å². The Morgan fingerprint density at radius 1 is 0.706 bits per heavy atom. The standard InChI is InChI=1S/C10H8S7/c1-3-13-9-8(12-1)6-5(15-9)7-10(17-16-6)14-4-2-11-7/h1-4H2. The first-order valence-electron chi connectivity index (χ1n) is 5.20. The molecule has 0 radical (unpaired) electrons. The molecule has 1 aromatic heterocycles. The van der Waals surface area contributed by atoms with Crippen LogP contribution >= 0.6 is 80.0 Å². The van der Waals surface area contributed by atoms with E-state index in [0.717, 1.165) is 0 Å². The van der Waals surface area contributed by atoms with Crippen molar-refractivity contribution in [1.29, 1.82) is 0 Å². The van der Waals surface area contributed by atoms with Crippen molar-refractivity contribution in [3.05, 3.63) is 9.11 Å². The van der Waals surface area contributed by atoms with Crippen molar-refractivity contribution >= 4 is 84.9 Å². The second-order valence-electron chi connectivity index (χ2n) is 3.55. The molecular weight excluding hydrogens is 345 g/mol. The van der Waals surface area contributed by atoms with Gasteiger partial charge in [0.2, 0.25) is 0 Å². The molecule has 0 saturated carbocycles. The van der Waals surface area contributed by atoms with Crippen LogP contribution in [0.5, 0.6) is 0 Å². The lowest BCUT2D eigenvalue weighted by molar-refractivity contribution is 1.21. The highest BCUT2D eigenvalue weighted by atomic mass is 33.1. The van der Waals surface area contributed by atoms with Gasteiger partial charge in [-0.05, 0) is 21.6 Å². The summed E-state index contributed by atoms with van der Waals surface area (Å²) in [4.78, 5) is 6.32. The molecule has 3 aliphatic heterocycles. The Balaban J connectivity index is 1.86. The normalized spacial score (nSPS) is 23.1. The summed E-state index contributed by atoms with van der Waals surface area (Å²) in [6.07, 6.45) is 0. The maximum atomic E-state index is 2.07. The zero-order valence-electron chi connectivity index (χ0n) is 8.69. The third kappa shape index (κ3) is 2.14. The summed E-state index contributed by atoms with van der Waals surface area (Å²) < 4.78 is 3.14. The van der Waals surface area contributed by atoms with Gasteiger partial charge >= 0.3 is 0 Å². The monoisotopic (exact) mass is 352 g/mol. The molecule has 0 unspecified atom stereocenters. The predicted molar refractivity (Wildman–Crippen MR) is 91.1 cm³/mol. The van der Waals surface area contributed by atoms with Gasteiger partial charge in [0.05, 0.1) is 18.2 Å². The molecule has 4 heterocycles. The van der Waals surface area contributed by atoms with Gasteiger partial charge in [0.1, 0.15) is 0 Å². The van der Waals surface area contributed by atoms with Crippen LogP contribution in [-0.2, 0) is 0 Å². The second kappa shape index (κ2) is 5.14. The van der Waals surface area contributed by atoms with Gasteiger partial charge in [0.25, 0.3) is 0 Å². The van der Waals surface area contributed by atoms with E-state index in [0.29, 0.717) is 0 Å². The van der Waals surface area contributed by atoms with Gasteiger partial charge in [-0.25, -0.2) is 0 Å². The molecule has 0 aliphatic carbocycles. The minimum Gasteiger partial charge on any atom is -0.126 e. The molecule has 17 heavy (non-hydrogen) atoms. The summed E-state index contributed by atoms with van der Waals surface area (Å²) in [7, 11) is 3.99. The first kappa shape index (κ1) is 12.3. The van der Waals surface area contributed by atoms with E-state index in [1.54, 1.807) is 28.0 Å². The Morgan fingerprint density at radius 3 is 2.53 bits per heavy atom. The van der Waals surface area contributed by atoms with Crippen LogP contribution in [0.25, 0.3) is 4.91 Å². The van der Waals surface area contributed by atoms with Gasteiger partial charge in [0, 0.05) is 32.8 Å². The average molecular weight is 353 g/mol. The Bertz CT molecular complexity index is 501. The lowest BCUT2D eigenvalue weighted by Gasteiger charge is -2.22. The quantitative estimate of drug-likeness (QED) is 0.537. The van der Waals surface area contributed by atoms with Crippen LogP contribution in [0.15, 0.2) is 18.2 Å². The molecule has 0 aromatic carbocycles. The van der Waals surface area contributed by atoms with Gasteiger partial charge in [-0.3, -0.25) is 0 Å². The fraction of sp³-hybridized carbons (Fsp3) is 0.400. The third-order valence-electron chi connectivity index (χ3n) is 2.51. The first-order chi connectivity index (χ1) is 8.43. The van der Waals surface area contributed by atoms with Crippen LogP contribution in [0.3, 0.4) is 0 Å². The molecule has 0 atom stereocenters. The highest BCUT2D eigenvalue weighted by Gasteiger charge is 2.31. The molecule has 0 nitrogen and oxygen atoms in total. The summed E-state index contributed by atoms with van der Waals surface area (Å²) in [6, 6.07) is 0. The van der Waals surface area contributed by atoms with Crippen LogP contribution in [0, 0.1) is 0 Å². The van der Waals surface area contributed by atoms with Crippen molar-refractivity contribution < 1.29 is 0 Å². The first-order valence-corrected chi connectivity index (χ1v) is 12.1. The van der Waals surface area contributed by atoms with Crippen molar-refractivity contribution in [3.8, 4) is 0 Å². The van der Waals surface area contributed by atoms with Crippen LogP contribution in [0.1, 0.15) is 4.88 Å². The smallest absolute Gasteiger partial charge is 0.0754 e. The molecule has 0 bridgehead atoms. The number of thioether (sulfide) groups is 4. The number of thiophene rings is 1. The van der Waals surface area contributed by atoms with E-state index < -0.39 is 0 Å². The molecule has 1 aromatic rings. The average Bonchev–Trinajstić information content (AvgIpc) is 2.78. The van der Waals surface area contributed by atoms with E-state index >= 15 is 0 Å². The highest BCUT2D eigenvalue weighted by Crippen LogP contribution is 2.63. The van der Waals surface area contributed by atoms with Crippen molar-refractivity contribution in [3.63, 3.8) is 0 Å². The summed E-state index contributed by atoms with van der Waals surface area (Å²) in [5, 5.41) is 0. The second-order valence-corrected chi connectivity index (χ2v) is 11.7. The molecule has 0 spiro atoms. The number of hydrogen-bond donors (Lipinski definition) is 0. The molecule has 7 heteroatoms.